The molecule has 3 aliphatic heterocycles. The van der Waals surface area contributed by atoms with Gasteiger partial charge in [0, 0.05) is 80.4 Å². The highest BCUT2D eigenvalue weighted by Crippen LogP contribution is 2.41. The number of nitrogens with zero attached hydrogens (tertiary/aromatic N) is 7. The van der Waals surface area contributed by atoms with Crippen molar-refractivity contribution in [1.82, 2.24) is 50.3 Å². The fraction of sp³-hybridized carbons (Fsp3) is 0.532. The molecule has 6 heterocycles. The Morgan fingerprint density at radius 3 is 2.55 bits per heavy atom. The topological polar surface area (TPSA) is 197 Å². The van der Waals surface area contributed by atoms with Crippen LogP contribution in [0.5, 0.6) is 0 Å². The van der Waals surface area contributed by atoms with Crippen LogP contribution in [-0.2, 0) is 52.8 Å². The predicted molar refractivity (Wildman–Crippen MR) is 242 cm³/mol. The number of pyridine rings is 1. The number of likely N-dealkylation sites (N-methyl/N-ethyl adjacent to an activating group) is 1. The van der Waals surface area contributed by atoms with E-state index in [1.807, 2.05) is 37.8 Å². The lowest BCUT2D eigenvalue weighted by atomic mass is 9.84. The molecule has 0 aliphatic carbocycles. The lowest BCUT2D eigenvalue weighted by molar-refractivity contribution is -0.155. The number of aromatic amines is 1. The fourth-order valence-corrected chi connectivity index (χ4v) is 8.89. The van der Waals surface area contributed by atoms with Crippen molar-refractivity contribution in [3.63, 3.8) is 0 Å². The number of aromatic nitrogens is 5. The maximum Gasteiger partial charge on any atom is 0.324 e. The van der Waals surface area contributed by atoms with Crippen LogP contribution < -0.4 is 10.7 Å². The Kier molecular flexibility index (Phi) is 15.4. The van der Waals surface area contributed by atoms with Crippen molar-refractivity contribution in [3.8, 4) is 22.6 Å². The van der Waals surface area contributed by atoms with Crippen LogP contribution in [0.1, 0.15) is 90.4 Å². The highest BCUT2D eigenvalue weighted by Gasteiger charge is 2.37. The van der Waals surface area contributed by atoms with Gasteiger partial charge in [-0.15, -0.1) is 0 Å². The Morgan fingerprint density at radius 2 is 1.88 bits per heavy atom. The highest BCUT2D eigenvalue weighted by atomic mass is 16.5. The smallest absolute Gasteiger partial charge is 0.324 e. The molecule has 2 fully saturated rings. The quantitative estimate of drug-likeness (QED) is 0.113. The van der Waals surface area contributed by atoms with Gasteiger partial charge < -0.3 is 29.2 Å². The van der Waals surface area contributed by atoms with Crippen LogP contribution in [0.15, 0.2) is 49.2 Å². The molecule has 6 bridgehead atoms. The zero-order valence-corrected chi connectivity index (χ0v) is 38.5. The number of fused-ring (bicyclic) bond motifs is 6. The minimum Gasteiger partial charge on any atom is -0.464 e. The van der Waals surface area contributed by atoms with Gasteiger partial charge in [0.1, 0.15) is 23.9 Å². The van der Waals surface area contributed by atoms with E-state index >= 15 is 0 Å². The number of carbonyl (C=O) groups is 5. The van der Waals surface area contributed by atoms with Crippen molar-refractivity contribution in [3.05, 3.63) is 66.3 Å². The molecule has 3 N–H and O–H groups in total. The number of cyclic esters (lactones) is 1. The summed E-state index contributed by atoms with van der Waals surface area (Å²) in [6.45, 7) is 18.3. The summed E-state index contributed by atoms with van der Waals surface area (Å²) in [4.78, 5) is 76.8. The van der Waals surface area contributed by atoms with Crippen molar-refractivity contribution in [2.45, 2.75) is 111 Å². The van der Waals surface area contributed by atoms with Crippen molar-refractivity contribution < 1.29 is 33.4 Å². The molecule has 17 nitrogen and oxygen atoms in total. The lowest BCUT2D eigenvalue weighted by Crippen LogP contribution is -2.62. The van der Waals surface area contributed by atoms with Gasteiger partial charge in [-0.05, 0) is 93.8 Å². The van der Waals surface area contributed by atoms with Crippen LogP contribution in [0.4, 0.5) is 0 Å². The van der Waals surface area contributed by atoms with E-state index in [-0.39, 0.29) is 31.0 Å². The van der Waals surface area contributed by atoms with Gasteiger partial charge in [-0.1, -0.05) is 34.3 Å². The van der Waals surface area contributed by atoms with Crippen LogP contribution in [0.2, 0.25) is 0 Å². The van der Waals surface area contributed by atoms with E-state index in [9.17, 15) is 24.0 Å². The Bertz CT molecular complexity index is 2330. The number of hydrogen-bond acceptors (Lipinski definition) is 11. The summed E-state index contributed by atoms with van der Waals surface area (Å²) in [6.07, 6.45) is 7.38. The first-order valence-corrected chi connectivity index (χ1v) is 22.3. The molecule has 3 aromatic heterocycles. The Balaban J connectivity index is 0.000000673. The summed E-state index contributed by atoms with van der Waals surface area (Å²) in [7, 11) is 3.21. The summed E-state index contributed by atoms with van der Waals surface area (Å²) < 4.78 is 14.1. The van der Waals surface area contributed by atoms with Crippen molar-refractivity contribution in [2.24, 2.45) is 11.3 Å². The summed E-state index contributed by atoms with van der Waals surface area (Å²) in [5.41, 5.74) is 8.24. The molecule has 4 aromatic rings. The van der Waals surface area contributed by atoms with Crippen LogP contribution in [0.3, 0.4) is 0 Å². The second kappa shape index (κ2) is 20.7. The van der Waals surface area contributed by atoms with Gasteiger partial charge in [0.05, 0.1) is 24.1 Å². The summed E-state index contributed by atoms with van der Waals surface area (Å²) in [5.74, 6) is -0.714. The lowest BCUT2D eigenvalue weighted by Gasteiger charge is -2.36. The van der Waals surface area contributed by atoms with E-state index in [0.29, 0.717) is 50.4 Å². The molecular formula is C47H64N10O7. The first-order valence-electron chi connectivity index (χ1n) is 22.3. The van der Waals surface area contributed by atoms with E-state index in [1.54, 1.807) is 13.3 Å². The first-order chi connectivity index (χ1) is 30.6. The third-order valence-electron chi connectivity index (χ3n) is 12.2. The number of aryl methyl sites for hydroxylation is 1. The molecule has 7 rings (SSSR count). The molecule has 0 spiro atoms. The van der Waals surface area contributed by atoms with Gasteiger partial charge in [-0.3, -0.25) is 39.1 Å². The number of methoxy groups -OCH3 is 1. The summed E-state index contributed by atoms with van der Waals surface area (Å²) in [6, 6.07) is 7.48. The molecule has 4 amide bonds. The Morgan fingerprint density at radius 1 is 1.12 bits per heavy atom. The molecule has 3 unspecified atom stereocenters. The number of benzene rings is 1. The number of esters is 1. The third kappa shape index (κ3) is 10.5. The third-order valence-corrected chi connectivity index (χ3v) is 12.2. The number of hydrogen-bond donors (Lipinski definition) is 3. The first kappa shape index (κ1) is 47.5. The highest BCUT2D eigenvalue weighted by molar-refractivity contribution is 5.95. The van der Waals surface area contributed by atoms with Crippen LogP contribution in [-0.4, -0.2) is 128 Å². The van der Waals surface area contributed by atoms with Crippen molar-refractivity contribution in [2.75, 3.05) is 40.4 Å². The van der Waals surface area contributed by atoms with Crippen molar-refractivity contribution in [1.29, 1.82) is 0 Å². The number of ether oxygens (including phenoxy) is 2. The second-order valence-corrected chi connectivity index (χ2v) is 17.9. The minimum absolute atomic E-state index is 0.0139. The minimum atomic E-state index is -1.09. The zero-order valence-electron chi connectivity index (χ0n) is 38.5. The number of likely N-dealkylation sites (tertiary alicyclic amines) is 1. The average Bonchev–Trinajstić information content (AvgIpc) is 4.07. The standard InChI is InChI=1S/C40H53N9O6.C7H11NO/c1-9-48-31-15-14-25-18-27(31)28(35(48)26-12-10-16-41-33(26)24(4)54-8)20-40(5,6)21-55-39(53)29-13-11-17-49(46-29)38(52)30(19-32-43-36(25)45-44-32)42-37(51)34(23(2)3)47(7)22-50;1-2-7(9)8-5-3-4-6-8/h10,12,14-16,18,22-24,29-30,34,46H,9,11,13,17,19-21H2,1-8H3,(H,42,51)(H,43,44,45);2H,1,3-6H2/t24?,29-,30?,34?;/m0./s1. The van der Waals surface area contributed by atoms with E-state index in [1.165, 1.54) is 23.0 Å². The van der Waals surface area contributed by atoms with Gasteiger partial charge in [0.2, 0.25) is 18.2 Å². The molecule has 344 valence electrons. The molecule has 17 heteroatoms. The van der Waals surface area contributed by atoms with E-state index < -0.39 is 41.3 Å². The molecule has 3 aliphatic rings. The number of amides is 4. The Hall–Kier alpha value is -5.94. The van der Waals surface area contributed by atoms with E-state index in [4.69, 9.17) is 19.4 Å². The van der Waals surface area contributed by atoms with Gasteiger partial charge in [0.15, 0.2) is 5.82 Å². The summed E-state index contributed by atoms with van der Waals surface area (Å²) in [5, 5.41) is 12.8. The SMILES string of the molecule is C=CC(=O)N1CCCC1.CCn1c(-c2cccnc2C(C)OC)c2c3cc(ccc31)-c1n[nH]c(n1)CC(NC(=O)C(C(C)C)N(C)C=O)C(=O)N1CCC[C@H](N1)C(=O)OCC(C)(C)C2. The molecule has 64 heavy (non-hydrogen) atoms. The zero-order chi connectivity index (χ0) is 46.3. The molecule has 4 atom stereocenters. The largest absolute Gasteiger partial charge is 0.464 e. The number of hydrazine groups is 1. The number of nitrogens with one attached hydrogen (secondary N) is 3. The molecule has 0 radical (unpaired) electrons. The fourth-order valence-electron chi connectivity index (χ4n) is 8.89. The van der Waals surface area contributed by atoms with Gasteiger partial charge in [0.25, 0.3) is 5.91 Å². The monoisotopic (exact) mass is 880 g/mol. The number of H-pyrrole nitrogens is 1. The van der Waals surface area contributed by atoms with Crippen LogP contribution >= 0.6 is 0 Å². The maximum atomic E-state index is 14.2. The molecule has 2 saturated heterocycles. The Labute approximate surface area is 375 Å². The van der Waals surface area contributed by atoms with Gasteiger partial charge >= 0.3 is 5.97 Å². The summed E-state index contributed by atoms with van der Waals surface area (Å²) >= 11 is 0. The average molecular weight is 881 g/mol. The number of carbonyl (C=O) groups excluding carboxylic acids is 5. The van der Waals surface area contributed by atoms with Gasteiger partial charge in [-0.25, -0.2) is 10.4 Å². The maximum absolute atomic E-state index is 14.2. The molecule has 1 aromatic carbocycles. The van der Waals surface area contributed by atoms with E-state index in [0.717, 1.165) is 64.9 Å². The molecular weight excluding hydrogens is 817 g/mol. The number of rotatable bonds is 10. The second-order valence-electron chi connectivity index (χ2n) is 17.9. The normalized spacial score (nSPS) is 19.8. The molecule has 0 saturated carbocycles. The van der Waals surface area contributed by atoms with Crippen LogP contribution in [0, 0.1) is 11.3 Å². The van der Waals surface area contributed by atoms with Crippen LogP contribution in [0.25, 0.3) is 33.5 Å². The van der Waals surface area contributed by atoms with Crippen molar-refractivity contribution >= 4 is 41.0 Å². The predicted octanol–water partition coefficient (Wildman–Crippen LogP) is 4.77. The van der Waals surface area contributed by atoms with E-state index in [2.05, 4.69) is 71.1 Å². The van der Waals surface area contributed by atoms with Gasteiger partial charge in [-0.2, -0.15) is 5.10 Å².